The SMILES string of the molecule is CC(C)=CCC/C(C)=C/Cc1c(O)ccc(C(=O)/C=C/c2ccc(O)cc2)c1C. The van der Waals surface area contributed by atoms with E-state index in [1.807, 2.05) is 6.92 Å². The molecule has 29 heavy (non-hydrogen) atoms. The number of phenols is 2. The van der Waals surface area contributed by atoms with Crippen molar-refractivity contribution < 1.29 is 15.0 Å². The second-order valence-corrected chi connectivity index (χ2v) is 7.60. The third-order valence-electron chi connectivity index (χ3n) is 4.91. The molecule has 152 valence electrons. The molecule has 3 heteroatoms. The van der Waals surface area contributed by atoms with Gasteiger partial charge in [0.1, 0.15) is 11.5 Å². The topological polar surface area (TPSA) is 57.5 Å². The van der Waals surface area contributed by atoms with E-state index >= 15 is 0 Å². The lowest BCUT2D eigenvalue weighted by Crippen LogP contribution is -2.02. The first-order chi connectivity index (χ1) is 13.8. The quantitative estimate of drug-likeness (QED) is 0.306. The van der Waals surface area contributed by atoms with Gasteiger partial charge in [-0.1, -0.05) is 41.5 Å². The highest BCUT2D eigenvalue weighted by Gasteiger charge is 2.13. The first-order valence-electron chi connectivity index (χ1n) is 9.90. The lowest BCUT2D eigenvalue weighted by molar-refractivity contribution is 0.104. The maximum Gasteiger partial charge on any atom is 0.186 e. The smallest absolute Gasteiger partial charge is 0.186 e. The van der Waals surface area contributed by atoms with Crippen molar-refractivity contribution in [1.82, 2.24) is 0 Å². The minimum absolute atomic E-state index is 0.110. The molecule has 2 N–H and O–H groups in total. The van der Waals surface area contributed by atoms with E-state index in [1.165, 1.54) is 17.2 Å². The number of ketones is 1. The Morgan fingerprint density at radius 3 is 2.31 bits per heavy atom. The molecule has 0 heterocycles. The Labute approximate surface area is 173 Å². The number of carbonyl (C=O) groups is 1. The Morgan fingerprint density at radius 2 is 1.66 bits per heavy atom. The minimum Gasteiger partial charge on any atom is -0.508 e. The van der Waals surface area contributed by atoms with E-state index in [-0.39, 0.29) is 17.3 Å². The summed E-state index contributed by atoms with van der Waals surface area (Å²) in [6.45, 7) is 8.17. The summed E-state index contributed by atoms with van der Waals surface area (Å²) in [4.78, 5) is 12.7. The molecule has 0 aliphatic heterocycles. The molecule has 0 fully saturated rings. The fourth-order valence-corrected chi connectivity index (χ4v) is 3.08. The molecule has 0 amide bonds. The molecule has 0 bridgehead atoms. The molecule has 0 aliphatic carbocycles. The molecule has 3 nitrogen and oxygen atoms in total. The number of benzene rings is 2. The van der Waals surface area contributed by atoms with Crippen LogP contribution in [0.25, 0.3) is 6.08 Å². The second-order valence-electron chi connectivity index (χ2n) is 7.60. The first kappa shape index (κ1) is 22.2. The normalized spacial score (nSPS) is 11.7. The summed E-state index contributed by atoms with van der Waals surface area (Å²) in [7, 11) is 0. The summed E-state index contributed by atoms with van der Waals surface area (Å²) >= 11 is 0. The summed E-state index contributed by atoms with van der Waals surface area (Å²) in [5.41, 5.74) is 5.60. The van der Waals surface area contributed by atoms with Gasteiger partial charge in [-0.25, -0.2) is 0 Å². The van der Waals surface area contributed by atoms with Gasteiger partial charge < -0.3 is 10.2 Å². The summed E-state index contributed by atoms with van der Waals surface area (Å²) in [6.07, 6.45) is 10.2. The number of rotatable bonds is 8. The van der Waals surface area contributed by atoms with Crippen LogP contribution >= 0.6 is 0 Å². The summed E-state index contributed by atoms with van der Waals surface area (Å²) in [5, 5.41) is 19.6. The number of carbonyl (C=O) groups excluding carboxylic acids is 1. The fourth-order valence-electron chi connectivity index (χ4n) is 3.08. The highest BCUT2D eigenvalue weighted by Crippen LogP contribution is 2.26. The zero-order valence-corrected chi connectivity index (χ0v) is 17.7. The van der Waals surface area contributed by atoms with E-state index < -0.39 is 0 Å². The molecule has 0 radical (unpaired) electrons. The molecule has 0 aromatic heterocycles. The van der Waals surface area contributed by atoms with Crippen molar-refractivity contribution in [3.05, 3.63) is 88.0 Å². The van der Waals surface area contributed by atoms with Gasteiger partial charge in [0, 0.05) is 11.1 Å². The zero-order chi connectivity index (χ0) is 21.4. The van der Waals surface area contributed by atoms with E-state index in [2.05, 4.69) is 32.9 Å². The van der Waals surface area contributed by atoms with Gasteiger partial charge in [-0.2, -0.15) is 0 Å². The molecule has 0 saturated carbocycles. The molecule has 0 spiro atoms. The molecule has 0 aliphatic rings. The van der Waals surface area contributed by atoms with Crippen molar-refractivity contribution in [2.24, 2.45) is 0 Å². The van der Waals surface area contributed by atoms with Crippen LogP contribution in [0.5, 0.6) is 11.5 Å². The lowest BCUT2D eigenvalue weighted by Gasteiger charge is -2.11. The van der Waals surface area contributed by atoms with Gasteiger partial charge in [0.25, 0.3) is 0 Å². The van der Waals surface area contributed by atoms with Crippen molar-refractivity contribution in [2.75, 3.05) is 0 Å². The van der Waals surface area contributed by atoms with E-state index in [1.54, 1.807) is 42.5 Å². The van der Waals surface area contributed by atoms with E-state index in [9.17, 15) is 15.0 Å². The number of hydrogen-bond acceptors (Lipinski definition) is 3. The van der Waals surface area contributed by atoms with Crippen LogP contribution in [0.2, 0.25) is 0 Å². The number of phenolic OH excluding ortho intramolecular Hbond substituents is 2. The zero-order valence-electron chi connectivity index (χ0n) is 17.7. The molecule has 0 unspecified atom stereocenters. The van der Waals surface area contributed by atoms with Crippen LogP contribution in [0.1, 0.15) is 60.7 Å². The van der Waals surface area contributed by atoms with Gasteiger partial charge in [0.05, 0.1) is 0 Å². The summed E-state index contributed by atoms with van der Waals surface area (Å²) < 4.78 is 0. The average Bonchev–Trinajstić information content (AvgIpc) is 2.67. The molecule has 2 aromatic rings. The van der Waals surface area contributed by atoms with Crippen LogP contribution in [0, 0.1) is 6.92 Å². The Morgan fingerprint density at radius 1 is 0.966 bits per heavy atom. The number of hydrogen-bond donors (Lipinski definition) is 2. The van der Waals surface area contributed by atoms with Gasteiger partial charge in [0.2, 0.25) is 0 Å². The van der Waals surface area contributed by atoms with Crippen LogP contribution in [-0.2, 0) is 6.42 Å². The second kappa shape index (κ2) is 10.5. The molecule has 2 aromatic carbocycles. The molecule has 0 atom stereocenters. The van der Waals surface area contributed by atoms with E-state index in [0.717, 1.165) is 29.5 Å². The fraction of sp³-hybridized carbons (Fsp3) is 0.269. The monoisotopic (exact) mass is 390 g/mol. The van der Waals surface area contributed by atoms with Crippen molar-refractivity contribution >= 4 is 11.9 Å². The van der Waals surface area contributed by atoms with Crippen LogP contribution in [0.15, 0.2) is 65.8 Å². The van der Waals surface area contributed by atoms with Crippen LogP contribution in [0.4, 0.5) is 0 Å². The van der Waals surface area contributed by atoms with E-state index in [0.29, 0.717) is 12.0 Å². The Bertz CT molecular complexity index is 941. The van der Waals surface area contributed by atoms with Gasteiger partial charge >= 0.3 is 0 Å². The largest absolute Gasteiger partial charge is 0.508 e. The molecule has 0 saturated heterocycles. The lowest BCUT2D eigenvalue weighted by atomic mass is 9.95. The minimum atomic E-state index is -0.110. The van der Waals surface area contributed by atoms with Crippen molar-refractivity contribution in [3.63, 3.8) is 0 Å². The maximum atomic E-state index is 12.7. The van der Waals surface area contributed by atoms with Crippen LogP contribution < -0.4 is 0 Å². The van der Waals surface area contributed by atoms with Crippen LogP contribution in [-0.4, -0.2) is 16.0 Å². The van der Waals surface area contributed by atoms with Crippen LogP contribution in [0.3, 0.4) is 0 Å². The van der Waals surface area contributed by atoms with Crippen molar-refractivity contribution in [2.45, 2.75) is 47.0 Å². The number of aromatic hydroxyl groups is 2. The summed E-state index contributed by atoms with van der Waals surface area (Å²) in [5.74, 6) is 0.299. The van der Waals surface area contributed by atoms with E-state index in [4.69, 9.17) is 0 Å². The Hall–Kier alpha value is -3.07. The van der Waals surface area contributed by atoms with Gasteiger partial charge in [-0.15, -0.1) is 0 Å². The van der Waals surface area contributed by atoms with Gasteiger partial charge in [-0.05, 0) is 88.4 Å². The highest BCUT2D eigenvalue weighted by molar-refractivity contribution is 6.08. The Kier molecular flexibility index (Phi) is 8.02. The number of allylic oxidation sites excluding steroid dienone is 5. The standard InChI is InChI=1S/C26H30O3/c1-18(2)6-5-7-19(3)8-14-23-20(4)24(15-17-26(23)29)25(28)16-11-21-9-12-22(27)13-10-21/h6,8-13,15-17,27,29H,5,7,14H2,1-4H3/b16-11+,19-8+. The third-order valence-corrected chi connectivity index (χ3v) is 4.91. The van der Waals surface area contributed by atoms with Crippen molar-refractivity contribution in [1.29, 1.82) is 0 Å². The Balaban J connectivity index is 2.15. The third kappa shape index (κ3) is 6.79. The van der Waals surface area contributed by atoms with Crippen molar-refractivity contribution in [3.8, 4) is 11.5 Å². The van der Waals surface area contributed by atoms with Gasteiger partial charge in [0.15, 0.2) is 5.78 Å². The van der Waals surface area contributed by atoms with Gasteiger partial charge in [-0.3, -0.25) is 4.79 Å². The highest BCUT2D eigenvalue weighted by atomic mass is 16.3. The summed E-state index contributed by atoms with van der Waals surface area (Å²) in [6, 6.07) is 9.92. The molecular weight excluding hydrogens is 360 g/mol. The maximum absolute atomic E-state index is 12.7. The average molecular weight is 391 g/mol. The predicted molar refractivity (Wildman–Crippen MR) is 120 cm³/mol. The first-order valence-corrected chi connectivity index (χ1v) is 9.90. The molecule has 2 rings (SSSR count). The predicted octanol–water partition coefficient (Wildman–Crippen LogP) is 6.54. The molecular formula is C26H30O3.